The Balaban J connectivity index is 3.62. The number of hydrogen-bond donors (Lipinski definition) is 3. The maximum Gasteiger partial charge on any atom is 0.407 e. The van der Waals surface area contributed by atoms with E-state index in [1.54, 1.807) is 13.8 Å². The van der Waals surface area contributed by atoms with Crippen molar-refractivity contribution in [3.05, 3.63) is 0 Å². The van der Waals surface area contributed by atoms with Crippen LogP contribution in [0.3, 0.4) is 0 Å². The number of carbonyl (C=O) groups excluding carboxylic acids is 2. The normalized spacial score (nSPS) is 9.53. The number of carboxylic acids is 1. The van der Waals surface area contributed by atoms with Crippen LogP contribution in [0.5, 0.6) is 0 Å². The van der Waals surface area contributed by atoms with E-state index in [1.165, 1.54) is 0 Å². The summed E-state index contributed by atoms with van der Waals surface area (Å²) in [6.45, 7) is 2.56. The van der Waals surface area contributed by atoms with Crippen LogP contribution in [0.4, 0.5) is 4.79 Å². The Bertz CT molecular complexity index is 251. The first-order valence-electron chi connectivity index (χ1n) is 4.34. The molecule has 0 aliphatic rings. The number of aliphatic carboxylic acids is 1. The topological polar surface area (TPSA) is 105 Å². The second-order valence-electron chi connectivity index (χ2n) is 2.98. The first-order valence-corrected chi connectivity index (χ1v) is 4.34. The first kappa shape index (κ1) is 13.2. The van der Waals surface area contributed by atoms with Gasteiger partial charge in [-0.1, -0.05) is 0 Å². The minimum absolute atomic E-state index is 0.271. The molecular weight excluding hydrogens is 204 g/mol. The summed E-state index contributed by atoms with van der Waals surface area (Å²) in [5.41, 5.74) is 0. The molecule has 7 heteroatoms. The SMILES string of the molecule is CC(C)OC(=O)NCC(=O)NCC(=O)O. The van der Waals surface area contributed by atoms with E-state index in [-0.39, 0.29) is 12.6 Å². The molecule has 0 aromatic rings. The van der Waals surface area contributed by atoms with Crippen molar-refractivity contribution < 1.29 is 24.2 Å². The number of nitrogens with one attached hydrogen (secondary N) is 2. The standard InChI is InChI=1S/C8H14N2O5/c1-5(2)15-8(14)10-3-6(11)9-4-7(12)13/h5H,3-4H2,1-2H3,(H,9,11)(H,10,14)(H,12,13). The minimum atomic E-state index is -1.15. The van der Waals surface area contributed by atoms with E-state index in [4.69, 9.17) is 5.11 Å². The summed E-state index contributed by atoms with van der Waals surface area (Å²) in [6.07, 6.45) is -0.984. The molecule has 0 fully saturated rings. The molecule has 0 aliphatic heterocycles. The van der Waals surface area contributed by atoms with E-state index in [0.29, 0.717) is 0 Å². The van der Waals surface area contributed by atoms with Gasteiger partial charge in [0.1, 0.15) is 13.1 Å². The van der Waals surface area contributed by atoms with Crippen molar-refractivity contribution in [1.82, 2.24) is 10.6 Å². The number of rotatable bonds is 5. The van der Waals surface area contributed by atoms with Crippen molar-refractivity contribution in [2.45, 2.75) is 20.0 Å². The van der Waals surface area contributed by atoms with Gasteiger partial charge in [-0.2, -0.15) is 0 Å². The Morgan fingerprint density at radius 3 is 2.27 bits per heavy atom. The molecule has 0 saturated heterocycles. The molecule has 0 rings (SSSR count). The van der Waals surface area contributed by atoms with Crippen molar-refractivity contribution in [2.24, 2.45) is 0 Å². The zero-order chi connectivity index (χ0) is 11.8. The average Bonchev–Trinajstić information content (AvgIpc) is 2.10. The van der Waals surface area contributed by atoms with E-state index in [9.17, 15) is 14.4 Å². The lowest BCUT2D eigenvalue weighted by Gasteiger charge is -2.08. The molecule has 86 valence electrons. The van der Waals surface area contributed by atoms with E-state index in [2.05, 4.69) is 15.4 Å². The molecule has 7 nitrogen and oxygen atoms in total. The summed E-state index contributed by atoms with van der Waals surface area (Å²) in [6, 6.07) is 0. The van der Waals surface area contributed by atoms with Crippen molar-refractivity contribution in [2.75, 3.05) is 13.1 Å². The van der Waals surface area contributed by atoms with Gasteiger partial charge in [0.05, 0.1) is 6.10 Å². The number of hydrogen-bond acceptors (Lipinski definition) is 4. The van der Waals surface area contributed by atoms with Crippen LogP contribution in [0.25, 0.3) is 0 Å². The molecule has 15 heavy (non-hydrogen) atoms. The van der Waals surface area contributed by atoms with Crippen LogP contribution in [-0.2, 0) is 14.3 Å². The highest BCUT2D eigenvalue weighted by atomic mass is 16.6. The Morgan fingerprint density at radius 1 is 1.20 bits per heavy atom. The molecule has 0 aromatic carbocycles. The molecule has 0 aliphatic carbocycles. The molecule has 0 saturated carbocycles. The van der Waals surface area contributed by atoms with Gasteiger partial charge in [-0.25, -0.2) is 4.79 Å². The lowest BCUT2D eigenvalue weighted by atomic mass is 10.5. The third kappa shape index (κ3) is 8.54. The fourth-order valence-corrected chi connectivity index (χ4v) is 0.645. The molecular formula is C8H14N2O5. The lowest BCUT2D eigenvalue weighted by Crippen LogP contribution is -2.39. The van der Waals surface area contributed by atoms with Gasteiger partial charge in [0, 0.05) is 0 Å². The van der Waals surface area contributed by atoms with E-state index >= 15 is 0 Å². The second-order valence-corrected chi connectivity index (χ2v) is 2.98. The molecule has 0 atom stereocenters. The second kappa shape index (κ2) is 6.63. The largest absolute Gasteiger partial charge is 0.480 e. The molecule has 0 spiro atoms. The van der Waals surface area contributed by atoms with Gasteiger partial charge >= 0.3 is 12.1 Å². The maximum absolute atomic E-state index is 10.9. The van der Waals surface area contributed by atoms with E-state index in [1.807, 2.05) is 0 Å². The monoisotopic (exact) mass is 218 g/mol. The maximum atomic E-state index is 10.9. The fraction of sp³-hybridized carbons (Fsp3) is 0.625. The van der Waals surface area contributed by atoms with Crippen molar-refractivity contribution in [3.63, 3.8) is 0 Å². The minimum Gasteiger partial charge on any atom is -0.480 e. The average molecular weight is 218 g/mol. The summed E-state index contributed by atoms with van der Waals surface area (Å²) in [7, 11) is 0. The van der Waals surface area contributed by atoms with Crippen LogP contribution in [0.15, 0.2) is 0 Å². The summed E-state index contributed by atoms with van der Waals surface area (Å²) < 4.78 is 4.68. The summed E-state index contributed by atoms with van der Waals surface area (Å²) >= 11 is 0. The van der Waals surface area contributed by atoms with Crippen LogP contribution >= 0.6 is 0 Å². The van der Waals surface area contributed by atoms with Crippen LogP contribution in [-0.4, -0.2) is 42.3 Å². The highest BCUT2D eigenvalue weighted by molar-refractivity contribution is 5.84. The molecule has 0 radical (unpaired) electrons. The van der Waals surface area contributed by atoms with Crippen molar-refractivity contribution in [3.8, 4) is 0 Å². The third-order valence-electron chi connectivity index (χ3n) is 1.17. The molecule has 0 bridgehead atoms. The lowest BCUT2D eigenvalue weighted by molar-refractivity contribution is -0.137. The van der Waals surface area contributed by atoms with Crippen molar-refractivity contribution >= 4 is 18.0 Å². The van der Waals surface area contributed by atoms with Crippen LogP contribution in [0.2, 0.25) is 0 Å². The molecule has 0 heterocycles. The molecule has 3 N–H and O–H groups in total. The number of amides is 2. The Morgan fingerprint density at radius 2 is 1.80 bits per heavy atom. The molecule has 0 unspecified atom stereocenters. The number of carbonyl (C=O) groups is 3. The van der Waals surface area contributed by atoms with Gasteiger partial charge in [-0.15, -0.1) is 0 Å². The molecule has 0 aromatic heterocycles. The van der Waals surface area contributed by atoms with Crippen LogP contribution in [0.1, 0.15) is 13.8 Å². The fourth-order valence-electron chi connectivity index (χ4n) is 0.645. The number of carboxylic acid groups (broad SMARTS) is 1. The van der Waals surface area contributed by atoms with Crippen LogP contribution < -0.4 is 10.6 Å². The Hall–Kier alpha value is -1.79. The van der Waals surface area contributed by atoms with Gasteiger partial charge in [0.25, 0.3) is 0 Å². The zero-order valence-corrected chi connectivity index (χ0v) is 8.57. The van der Waals surface area contributed by atoms with E-state index in [0.717, 1.165) is 0 Å². The quantitative estimate of drug-likeness (QED) is 0.567. The smallest absolute Gasteiger partial charge is 0.407 e. The Labute approximate surface area is 86.8 Å². The third-order valence-corrected chi connectivity index (χ3v) is 1.17. The first-order chi connectivity index (χ1) is 6.91. The highest BCUT2D eigenvalue weighted by Gasteiger charge is 2.08. The summed E-state index contributed by atoms with van der Waals surface area (Å²) in [5.74, 6) is -1.73. The van der Waals surface area contributed by atoms with Gasteiger partial charge in [-0.05, 0) is 13.8 Å². The molecule has 2 amide bonds. The van der Waals surface area contributed by atoms with Gasteiger partial charge in [0.2, 0.25) is 5.91 Å². The number of alkyl carbamates (subject to hydrolysis) is 1. The zero-order valence-electron chi connectivity index (χ0n) is 8.57. The Kier molecular flexibility index (Phi) is 5.84. The predicted octanol–water partition coefficient (Wildman–Crippen LogP) is -0.678. The summed E-state index contributed by atoms with van der Waals surface area (Å²) in [4.78, 5) is 31.8. The van der Waals surface area contributed by atoms with Crippen LogP contribution in [0, 0.1) is 0 Å². The number of ether oxygens (including phenoxy) is 1. The van der Waals surface area contributed by atoms with Gasteiger partial charge < -0.3 is 20.5 Å². The summed E-state index contributed by atoms with van der Waals surface area (Å²) in [5, 5.41) is 12.5. The van der Waals surface area contributed by atoms with E-state index < -0.39 is 24.5 Å². The van der Waals surface area contributed by atoms with Gasteiger partial charge in [-0.3, -0.25) is 9.59 Å². The van der Waals surface area contributed by atoms with Crippen molar-refractivity contribution in [1.29, 1.82) is 0 Å². The van der Waals surface area contributed by atoms with Gasteiger partial charge in [0.15, 0.2) is 0 Å². The highest BCUT2D eigenvalue weighted by Crippen LogP contribution is 1.87. The predicted molar refractivity (Wildman–Crippen MR) is 50.3 cm³/mol.